The van der Waals surface area contributed by atoms with Crippen molar-refractivity contribution in [3.8, 4) is 0 Å². The molecule has 1 fully saturated rings. The van der Waals surface area contributed by atoms with Gasteiger partial charge in [0.2, 0.25) is 0 Å². The second-order valence-electron chi connectivity index (χ2n) is 6.60. The molecule has 0 unspecified atom stereocenters. The van der Waals surface area contributed by atoms with E-state index >= 15 is 0 Å². The van der Waals surface area contributed by atoms with Gasteiger partial charge < -0.3 is 4.74 Å². The second-order valence-corrected chi connectivity index (χ2v) is 6.60. The van der Waals surface area contributed by atoms with Gasteiger partial charge in [0.05, 0.1) is 0 Å². The first kappa shape index (κ1) is 17.2. The van der Waals surface area contributed by atoms with Gasteiger partial charge in [-0.1, -0.05) is 29.8 Å². The van der Waals surface area contributed by atoms with Crippen LogP contribution in [0.25, 0.3) is 0 Å². The van der Waals surface area contributed by atoms with Crippen LogP contribution in [0.2, 0.25) is 0 Å². The number of carbonyl (C=O) groups is 1. The highest BCUT2D eigenvalue weighted by Gasteiger charge is 2.31. The number of hydrogen-bond donors (Lipinski definition) is 0. The summed E-state index contributed by atoms with van der Waals surface area (Å²) in [4.78, 5) is 35.7. The van der Waals surface area contributed by atoms with Crippen LogP contribution < -0.4 is 11.2 Å². The lowest BCUT2D eigenvalue weighted by Crippen LogP contribution is -2.38. The van der Waals surface area contributed by atoms with Crippen molar-refractivity contribution >= 4 is 5.97 Å². The number of nitrogens with zero attached hydrogens (tertiary/aromatic N) is 2. The molecule has 3 rings (SSSR count). The number of aromatic nitrogens is 2. The molecule has 1 aromatic heterocycles. The molecule has 25 heavy (non-hydrogen) atoms. The summed E-state index contributed by atoms with van der Waals surface area (Å²) < 4.78 is 7.82. The summed E-state index contributed by atoms with van der Waals surface area (Å²) in [5.74, 6) is -0.258. The molecule has 1 aliphatic rings. The van der Waals surface area contributed by atoms with Crippen molar-refractivity contribution in [2.24, 2.45) is 7.05 Å². The SMILES string of the molecule is Cc1ccc([C@@H]2CCC[C@@H]2OC(=O)Cn2ccc(=O)n(C)c2=O)cc1. The summed E-state index contributed by atoms with van der Waals surface area (Å²) in [7, 11) is 1.39. The van der Waals surface area contributed by atoms with E-state index in [2.05, 4.69) is 24.3 Å². The highest BCUT2D eigenvalue weighted by atomic mass is 16.5. The number of carbonyl (C=O) groups excluding carboxylic acids is 1. The molecular weight excluding hydrogens is 320 g/mol. The van der Waals surface area contributed by atoms with Gasteiger partial charge in [-0.2, -0.15) is 0 Å². The minimum Gasteiger partial charge on any atom is -0.460 e. The van der Waals surface area contributed by atoms with Crippen molar-refractivity contribution in [2.75, 3.05) is 0 Å². The summed E-state index contributed by atoms with van der Waals surface area (Å²) in [5.41, 5.74) is 1.46. The Morgan fingerprint density at radius 2 is 1.88 bits per heavy atom. The lowest BCUT2D eigenvalue weighted by Gasteiger charge is -2.21. The van der Waals surface area contributed by atoms with Crippen LogP contribution in [0.15, 0.2) is 46.1 Å². The van der Waals surface area contributed by atoms with E-state index in [0.29, 0.717) is 0 Å². The van der Waals surface area contributed by atoms with Gasteiger partial charge in [0.15, 0.2) is 0 Å². The van der Waals surface area contributed by atoms with Crippen molar-refractivity contribution in [1.82, 2.24) is 9.13 Å². The fourth-order valence-corrected chi connectivity index (χ4v) is 3.34. The molecule has 2 atom stereocenters. The third-order valence-electron chi connectivity index (χ3n) is 4.80. The third-order valence-corrected chi connectivity index (χ3v) is 4.80. The van der Waals surface area contributed by atoms with Crippen LogP contribution in [0.3, 0.4) is 0 Å². The minimum atomic E-state index is -0.522. The molecule has 1 saturated carbocycles. The Morgan fingerprint density at radius 3 is 2.60 bits per heavy atom. The maximum atomic E-state index is 12.3. The summed E-state index contributed by atoms with van der Waals surface area (Å²) in [6, 6.07) is 9.57. The van der Waals surface area contributed by atoms with Gasteiger partial charge in [0, 0.05) is 25.2 Å². The van der Waals surface area contributed by atoms with E-state index in [-0.39, 0.29) is 18.6 Å². The van der Waals surface area contributed by atoms with Crippen molar-refractivity contribution in [3.05, 3.63) is 68.5 Å². The van der Waals surface area contributed by atoms with Gasteiger partial charge in [-0.3, -0.25) is 18.7 Å². The van der Waals surface area contributed by atoms with Crippen molar-refractivity contribution in [3.63, 3.8) is 0 Å². The number of esters is 1. The van der Waals surface area contributed by atoms with E-state index in [1.807, 2.05) is 6.92 Å². The zero-order chi connectivity index (χ0) is 18.0. The maximum absolute atomic E-state index is 12.3. The summed E-state index contributed by atoms with van der Waals surface area (Å²) >= 11 is 0. The molecule has 6 nitrogen and oxygen atoms in total. The van der Waals surface area contributed by atoms with Crippen LogP contribution in [-0.2, 0) is 23.1 Å². The number of benzene rings is 1. The summed E-state index contributed by atoms with van der Waals surface area (Å²) in [5, 5.41) is 0. The second kappa shape index (κ2) is 7.09. The molecule has 1 aromatic carbocycles. The van der Waals surface area contributed by atoms with Gasteiger partial charge in [-0.05, 0) is 31.7 Å². The predicted molar refractivity (Wildman–Crippen MR) is 93.6 cm³/mol. The first-order chi connectivity index (χ1) is 12.0. The fraction of sp³-hybridized carbons (Fsp3) is 0.421. The molecule has 2 aromatic rings. The smallest absolute Gasteiger partial charge is 0.331 e. The quantitative estimate of drug-likeness (QED) is 0.794. The van der Waals surface area contributed by atoms with Crippen LogP contribution in [0.5, 0.6) is 0 Å². The van der Waals surface area contributed by atoms with Crippen LogP contribution in [0, 0.1) is 6.92 Å². The Kier molecular flexibility index (Phi) is 4.88. The lowest BCUT2D eigenvalue weighted by molar-refractivity contribution is -0.150. The number of aryl methyl sites for hydroxylation is 1. The standard InChI is InChI=1S/C19H22N2O4/c1-13-6-8-14(9-7-13)15-4-3-5-16(15)25-18(23)12-21-11-10-17(22)20(2)19(21)24/h6-11,15-16H,3-5,12H2,1-2H3/t15-,16-/m0/s1. The van der Waals surface area contributed by atoms with Crippen molar-refractivity contribution in [2.45, 2.75) is 44.8 Å². The first-order valence-corrected chi connectivity index (χ1v) is 8.48. The van der Waals surface area contributed by atoms with E-state index in [0.717, 1.165) is 23.8 Å². The predicted octanol–water partition coefficient (Wildman–Crippen LogP) is 1.73. The highest BCUT2D eigenvalue weighted by molar-refractivity contribution is 5.69. The molecule has 0 saturated heterocycles. The van der Waals surface area contributed by atoms with E-state index in [1.54, 1.807) is 0 Å². The Bertz CT molecular complexity index is 880. The normalized spacial score (nSPS) is 19.8. The average Bonchev–Trinajstić information content (AvgIpc) is 3.04. The fourth-order valence-electron chi connectivity index (χ4n) is 3.34. The molecule has 0 radical (unpaired) electrons. The molecule has 0 bridgehead atoms. The Hall–Kier alpha value is -2.63. The van der Waals surface area contributed by atoms with Crippen LogP contribution in [0.1, 0.15) is 36.3 Å². The van der Waals surface area contributed by atoms with Gasteiger partial charge in [0.1, 0.15) is 12.6 Å². The molecule has 132 valence electrons. The zero-order valence-corrected chi connectivity index (χ0v) is 14.5. The Morgan fingerprint density at radius 1 is 1.16 bits per heavy atom. The van der Waals surface area contributed by atoms with Crippen LogP contribution >= 0.6 is 0 Å². The lowest BCUT2D eigenvalue weighted by atomic mass is 9.95. The van der Waals surface area contributed by atoms with Gasteiger partial charge >= 0.3 is 11.7 Å². The molecule has 0 amide bonds. The highest BCUT2D eigenvalue weighted by Crippen LogP contribution is 2.36. The topological polar surface area (TPSA) is 70.3 Å². The molecule has 0 N–H and O–H groups in total. The van der Waals surface area contributed by atoms with Crippen molar-refractivity contribution in [1.29, 1.82) is 0 Å². The zero-order valence-electron chi connectivity index (χ0n) is 14.5. The van der Waals surface area contributed by atoms with Gasteiger partial charge in [0.25, 0.3) is 5.56 Å². The van der Waals surface area contributed by atoms with Crippen LogP contribution in [-0.4, -0.2) is 21.2 Å². The first-order valence-electron chi connectivity index (χ1n) is 8.48. The minimum absolute atomic E-state index is 0.168. The van der Waals surface area contributed by atoms with E-state index < -0.39 is 17.2 Å². The largest absolute Gasteiger partial charge is 0.460 e. The third kappa shape index (κ3) is 3.73. The molecule has 1 heterocycles. The van der Waals surface area contributed by atoms with E-state index in [9.17, 15) is 14.4 Å². The summed E-state index contributed by atoms with van der Waals surface area (Å²) in [6.45, 7) is 1.85. The Balaban J connectivity index is 1.70. The number of hydrogen-bond acceptors (Lipinski definition) is 4. The Labute approximate surface area is 145 Å². The number of rotatable bonds is 4. The van der Waals surface area contributed by atoms with E-state index in [1.165, 1.54) is 35.0 Å². The van der Waals surface area contributed by atoms with Crippen LogP contribution in [0.4, 0.5) is 0 Å². The molecule has 6 heteroatoms. The van der Waals surface area contributed by atoms with E-state index in [4.69, 9.17) is 4.74 Å². The maximum Gasteiger partial charge on any atom is 0.331 e. The molecule has 0 spiro atoms. The monoisotopic (exact) mass is 342 g/mol. The summed E-state index contributed by atoms with van der Waals surface area (Å²) in [6.07, 6.45) is 3.99. The van der Waals surface area contributed by atoms with Gasteiger partial charge in [-0.15, -0.1) is 0 Å². The molecular formula is C19H22N2O4. The average molecular weight is 342 g/mol. The number of ether oxygens (including phenoxy) is 1. The van der Waals surface area contributed by atoms with Crippen molar-refractivity contribution < 1.29 is 9.53 Å². The molecule has 0 aliphatic heterocycles. The molecule has 1 aliphatic carbocycles. The van der Waals surface area contributed by atoms with Gasteiger partial charge in [-0.25, -0.2) is 4.79 Å².